The molecular weight excluding hydrogens is 190 g/mol. The van der Waals surface area contributed by atoms with Crippen LogP contribution < -0.4 is 4.74 Å². The van der Waals surface area contributed by atoms with Crippen LogP contribution in [-0.2, 0) is 0 Å². The first-order chi connectivity index (χ1) is 7.13. The lowest BCUT2D eigenvalue weighted by atomic mass is 10.2. The van der Waals surface area contributed by atoms with Crippen molar-refractivity contribution in [3.63, 3.8) is 0 Å². The van der Waals surface area contributed by atoms with Crippen LogP contribution in [0.2, 0.25) is 0 Å². The Labute approximate surface area is 88.3 Å². The van der Waals surface area contributed by atoms with Gasteiger partial charge in [-0.3, -0.25) is 9.36 Å². The van der Waals surface area contributed by atoms with Gasteiger partial charge >= 0.3 is 0 Å². The Morgan fingerprint density at radius 2 is 2.07 bits per heavy atom. The van der Waals surface area contributed by atoms with Crippen LogP contribution in [0.1, 0.15) is 17.4 Å². The molecular formula is C12H13NO2. The minimum atomic E-state index is 0.0238. The number of methoxy groups -OCH3 is 1. The molecule has 0 aliphatic heterocycles. The molecule has 1 aromatic heterocycles. The summed E-state index contributed by atoms with van der Waals surface area (Å²) in [6, 6.07) is 7.73. The Hall–Kier alpha value is -1.77. The highest BCUT2D eigenvalue weighted by molar-refractivity contribution is 5.93. The van der Waals surface area contributed by atoms with Gasteiger partial charge in [0.25, 0.3) is 0 Å². The van der Waals surface area contributed by atoms with Crippen molar-refractivity contribution in [2.45, 2.75) is 13.8 Å². The topological polar surface area (TPSA) is 31.2 Å². The number of hydrogen-bond acceptors (Lipinski definition) is 2. The molecule has 0 spiro atoms. The van der Waals surface area contributed by atoms with Gasteiger partial charge in [-0.25, -0.2) is 0 Å². The summed E-state index contributed by atoms with van der Waals surface area (Å²) in [5.74, 6) is 0.791. The SMILES string of the molecule is COc1ccc2cc(C)n(C(C)=O)c2c1. The summed E-state index contributed by atoms with van der Waals surface area (Å²) in [4.78, 5) is 11.5. The zero-order chi connectivity index (χ0) is 11.0. The third-order valence-electron chi connectivity index (χ3n) is 2.51. The van der Waals surface area contributed by atoms with Gasteiger partial charge in [0, 0.05) is 24.1 Å². The average Bonchev–Trinajstić information content (AvgIpc) is 2.52. The number of benzene rings is 1. The smallest absolute Gasteiger partial charge is 0.228 e. The van der Waals surface area contributed by atoms with Crippen molar-refractivity contribution in [3.05, 3.63) is 30.0 Å². The maximum absolute atomic E-state index is 11.5. The van der Waals surface area contributed by atoms with E-state index in [1.165, 1.54) is 0 Å². The van der Waals surface area contributed by atoms with Crippen molar-refractivity contribution in [1.29, 1.82) is 0 Å². The minimum Gasteiger partial charge on any atom is -0.497 e. The van der Waals surface area contributed by atoms with Crippen molar-refractivity contribution in [1.82, 2.24) is 4.57 Å². The molecule has 0 unspecified atom stereocenters. The number of aryl methyl sites for hydroxylation is 1. The molecule has 78 valence electrons. The van der Waals surface area contributed by atoms with Gasteiger partial charge in [0.2, 0.25) is 5.91 Å². The number of rotatable bonds is 1. The van der Waals surface area contributed by atoms with Crippen molar-refractivity contribution in [2.24, 2.45) is 0 Å². The molecule has 1 heterocycles. The monoisotopic (exact) mass is 203 g/mol. The number of carbonyl (C=O) groups is 1. The Balaban J connectivity index is 2.77. The number of ether oxygens (including phenoxy) is 1. The standard InChI is InChI=1S/C12H13NO2/c1-8-6-10-4-5-11(15-3)7-12(10)13(8)9(2)14/h4-7H,1-3H3. The third kappa shape index (κ3) is 1.50. The summed E-state index contributed by atoms with van der Waals surface area (Å²) in [6.45, 7) is 3.49. The fourth-order valence-corrected chi connectivity index (χ4v) is 1.86. The van der Waals surface area contributed by atoms with Crippen molar-refractivity contribution in [2.75, 3.05) is 7.11 Å². The normalized spacial score (nSPS) is 10.6. The van der Waals surface area contributed by atoms with Crippen LogP contribution in [0.25, 0.3) is 10.9 Å². The van der Waals surface area contributed by atoms with E-state index in [1.54, 1.807) is 18.6 Å². The number of hydrogen-bond donors (Lipinski definition) is 0. The first kappa shape index (κ1) is 9.77. The van der Waals surface area contributed by atoms with Crippen molar-refractivity contribution < 1.29 is 9.53 Å². The summed E-state index contributed by atoms with van der Waals surface area (Å²) < 4.78 is 6.83. The summed E-state index contributed by atoms with van der Waals surface area (Å²) >= 11 is 0. The molecule has 0 saturated heterocycles. The zero-order valence-corrected chi connectivity index (χ0v) is 9.07. The van der Waals surface area contributed by atoms with Crippen LogP contribution in [-0.4, -0.2) is 17.6 Å². The van der Waals surface area contributed by atoms with E-state index in [0.29, 0.717) is 0 Å². The van der Waals surface area contributed by atoms with E-state index in [4.69, 9.17) is 4.74 Å². The number of aromatic nitrogens is 1. The molecule has 0 bridgehead atoms. The van der Waals surface area contributed by atoms with Crippen LogP contribution in [0.3, 0.4) is 0 Å². The van der Waals surface area contributed by atoms with Gasteiger partial charge in [-0.05, 0) is 25.1 Å². The van der Waals surface area contributed by atoms with E-state index in [2.05, 4.69) is 0 Å². The second-order valence-electron chi connectivity index (χ2n) is 3.56. The van der Waals surface area contributed by atoms with Gasteiger partial charge in [-0.1, -0.05) is 0 Å². The fraction of sp³-hybridized carbons (Fsp3) is 0.250. The highest BCUT2D eigenvalue weighted by Crippen LogP contribution is 2.24. The molecule has 0 atom stereocenters. The fourth-order valence-electron chi connectivity index (χ4n) is 1.86. The minimum absolute atomic E-state index is 0.0238. The molecule has 1 aromatic carbocycles. The van der Waals surface area contributed by atoms with Crippen LogP contribution in [0.15, 0.2) is 24.3 Å². The summed E-state index contributed by atoms with van der Waals surface area (Å²) in [5.41, 5.74) is 1.85. The van der Waals surface area contributed by atoms with E-state index in [1.807, 2.05) is 31.2 Å². The molecule has 0 fully saturated rings. The molecule has 0 N–H and O–H groups in total. The van der Waals surface area contributed by atoms with Crippen LogP contribution in [0, 0.1) is 6.92 Å². The Morgan fingerprint density at radius 1 is 1.33 bits per heavy atom. The van der Waals surface area contributed by atoms with Gasteiger partial charge in [-0.15, -0.1) is 0 Å². The highest BCUT2D eigenvalue weighted by Gasteiger charge is 2.09. The van der Waals surface area contributed by atoms with Gasteiger partial charge in [0.15, 0.2) is 0 Å². The van der Waals surface area contributed by atoms with Gasteiger partial charge < -0.3 is 4.74 Å². The lowest BCUT2D eigenvalue weighted by Gasteiger charge is -2.04. The maximum atomic E-state index is 11.5. The summed E-state index contributed by atoms with van der Waals surface area (Å²) in [6.07, 6.45) is 0. The molecule has 0 radical (unpaired) electrons. The third-order valence-corrected chi connectivity index (χ3v) is 2.51. The predicted molar refractivity (Wildman–Crippen MR) is 59.5 cm³/mol. The number of carbonyl (C=O) groups excluding carboxylic acids is 1. The molecule has 3 nitrogen and oxygen atoms in total. The van der Waals surface area contributed by atoms with Crippen LogP contribution in [0.4, 0.5) is 0 Å². The number of fused-ring (bicyclic) bond motifs is 1. The Kier molecular flexibility index (Phi) is 2.23. The Bertz CT molecular complexity index is 526. The lowest BCUT2D eigenvalue weighted by Crippen LogP contribution is -2.06. The van der Waals surface area contributed by atoms with E-state index >= 15 is 0 Å². The molecule has 0 amide bonds. The maximum Gasteiger partial charge on any atom is 0.228 e. The van der Waals surface area contributed by atoms with E-state index in [0.717, 1.165) is 22.3 Å². The lowest BCUT2D eigenvalue weighted by molar-refractivity contribution is 0.0940. The largest absolute Gasteiger partial charge is 0.497 e. The second kappa shape index (κ2) is 3.42. The molecule has 3 heteroatoms. The quantitative estimate of drug-likeness (QED) is 0.713. The molecule has 0 saturated carbocycles. The zero-order valence-electron chi connectivity index (χ0n) is 9.07. The predicted octanol–water partition coefficient (Wildman–Crippen LogP) is 2.62. The molecule has 0 aliphatic rings. The molecule has 2 rings (SSSR count). The summed E-state index contributed by atoms with van der Waals surface area (Å²) in [5, 5.41) is 1.06. The summed E-state index contributed by atoms with van der Waals surface area (Å²) in [7, 11) is 1.62. The van der Waals surface area contributed by atoms with E-state index < -0.39 is 0 Å². The first-order valence-electron chi connectivity index (χ1n) is 4.80. The molecule has 15 heavy (non-hydrogen) atoms. The van der Waals surface area contributed by atoms with E-state index in [9.17, 15) is 4.79 Å². The Morgan fingerprint density at radius 3 is 2.67 bits per heavy atom. The molecule has 2 aromatic rings. The highest BCUT2D eigenvalue weighted by atomic mass is 16.5. The van der Waals surface area contributed by atoms with Crippen LogP contribution in [0.5, 0.6) is 5.75 Å². The van der Waals surface area contributed by atoms with E-state index in [-0.39, 0.29) is 5.91 Å². The average molecular weight is 203 g/mol. The molecule has 0 aliphatic carbocycles. The first-order valence-corrected chi connectivity index (χ1v) is 4.80. The van der Waals surface area contributed by atoms with Gasteiger partial charge in [-0.2, -0.15) is 0 Å². The number of nitrogens with zero attached hydrogens (tertiary/aromatic N) is 1. The second-order valence-corrected chi connectivity index (χ2v) is 3.56. The van der Waals surface area contributed by atoms with Crippen molar-refractivity contribution in [3.8, 4) is 5.75 Å². The van der Waals surface area contributed by atoms with Crippen molar-refractivity contribution >= 4 is 16.8 Å². The van der Waals surface area contributed by atoms with Gasteiger partial charge in [0.05, 0.1) is 12.6 Å². The van der Waals surface area contributed by atoms with Crippen LogP contribution >= 0.6 is 0 Å². The van der Waals surface area contributed by atoms with Gasteiger partial charge in [0.1, 0.15) is 5.75 Å².